The van der Waals surface area contributed by atoms with Gasteiger partial charge in [0.15, 0.2) is 0 Å². The van der Waals surface area contributed by atoms with Gasteiger partial charge in [-0.3, -0.25) is 0 Å². The first kappa shape index (κ1) is 13.2. The molecular weight excluding hydrogens is 187 g/mol. The lowest BCUT2D eigenvalue weighted by molar-refractivity contribution is -0.0279. The maximum Gasteiger partial charge on any atom is 0.0640 e. The Bertz CT molecular complexity index is 146. The van der Waals surface area contributed by atoms with Crippen molar-refractivity contribution in [3.8, 4) is 0 Å². The highest BCUT2D eigenvalue weighted by molar-refractivity contribution is 7.95. The van der Waals surface area contributed by atoms with Crippen molar-refractivity contribution in [3.05, 3.63) is 0 Å². The molecule has 13 heavy (non-hydrogen) atoms. The lowest BCUT2D eigenvalue weighted by Gasteiger charge is -2.32. The highest BCUT2D eigenvalue weighted by Gasteiger charge is 2.30. The van der Waals surface area contributed by atoms with Gasteiger partial charge in [0.2, 0.25) is 0 Å². The first-order chi connectivity index (χ1) is 5.83. The summed E-state index contributed by atoms with van der Waals surface area (Å²) >= 11 is 0.407. The van der Waals surface area contributed by atoms with Gasteiger partial charge >= 0.3 is 0 Å². The van der Waals surface area contributed by atoms with E-state index in [9.17, 15) is 3.89 Å². The predicted molar refractivity (Wildman–Crippen MR) is 57.7 cm³/mol. The lowest BCUT2D eigenvalue weighted by Crippen LogP contribution is -2.33. The molecule has 0 bridgehead atoms. The number of halogens is 1. The van der Waals surface area contributed by atoms with Crippen LogP contribution < -0.4 is 0 Å². The van der Waals surface area contributed by atoms with Gasteiger partial charge < -0.3 is 4.74 Å². The van der Waals surface area contributed by atoms with E-state index in [1.807, 2.05) is 27.7 Å². The van der Waals surface area contributed by atoms with Crippen molar-refractivity contribution in [1.29, 1.82) is 0 Å². The second-order valence-electron chi connectivity index (χ2n) is 4.62. The van der Waals surface area contributed by atoms with Crippen LogP contribution in [0.5, 0.6) is 0 Å². The van der Waals surface area contributed by atoms with Crippen LogP contribution >= 0.6 is 12.1 Å². The highest BCUT2D eigenvalue weighted by atomic mass is 32.2. The van der Waals surface area contributed by atoms with Crippen molar-refractivity contribution in [2.24, 2.45) is 0 Å². The zero-order valence-electron chi connectivity index (χ0n) is 9.32. The Hall–Kier alpha value is 0.240. The standard InChI is InChI=1S/C10H21FOS/c1-6-7-12-9(2,3)8-10(4,5)13-11/h6-8H2,1-5H3. The van der Waals surface area contributed by atoms with Crippen LogP contribution in [0.3, 0.4) is 0 Å². The fourth-order valence-electron chi connectivity index (χ4n) is 1.48. The third kappa shape index (κ3) is 6.33. The zero-order valence-corrected chi connectivity index (χ0v) is 10.1. The topological polar surface area (TPSA) is 9.23 Å². The molecule has 0 N–H and O–H groups in total. The van der Waals surface area contributed by atoms with E-state index in [4.69, 9.17) is 4.74 Å². The molecule has 0 rings (SSSR count). The first-order valence-electron chi connectivity index (χ1n) is 4.77. The molecule has 0 atom stereocenters. The van der Waals surface area contributed by atoms with E-state index in [0.29, 0.717) is 12.1 Å². The molecule has 0 aliphatic rings. The van der Waals surface area contributed by atoms with Crippen molar-refractivity contribution >= 4 is 12.1 Å². The molecule has 3 heteroatoms. The Morgan fingerprint density at radius 2 is 1.77 bits per heavy atom. The van der Waals surface area contributed by atoms with Crippen molar-refractivity contribution < 1.29 is 8.62 Å². The summed E-state index contributed by atoms with van der Waals surface area (Å²) in [4.78, 5) is 0. The Labute approximate surface area is 85.7 Å². The number of hydrogen-bond donors (Lipinski definition) is 0. The van der Waals surface area contributed by atoms with E-state index in [1.165, 1.54) is 0 Å². The molecule has 0 amide bonds. The van der Waals surface area contributed by atoms with Gasteiger partial charge in [-0.25, -0.2) is 0 Å². The van der Waals surface area contributed by atoms with E-state index in [-0.39, 0.29) is 10.3 Å². The molecule has 0 aliphatic heterocycles. The van der Waals surface area contributed by atoms with Crippen molar-refractivity contribution in [1.82, 2.24) is 0 Å². The van der Waals surface area contributed by atoms with Crippen LogP contribution in [0.15, 0.2) is 0 Å². The molecular formula is C10H21FOS. The van der Waals surface area contributed by atoms with Gasteiger partial charge in [-0.15, -0.1) is 0 Å². The van der Waals surface area contributed by atoms with Crippen molar-refractivity contribution in [2.75, 3.05) is 6.61 Å². The van der Waals surface area contributed by atoms with Crippen LogP contribution in [0.2, 0.25) is 0 Å². The third-order valence-electron chi connectivity index (χ3n) is 1.76. The summed E-state index contributed by atoms with van der Waals surface area (Å²) in [6, 6.07) is 0. The van der Waals surface area contributed by atoms with Crippen LogP contribution in [0, 0.1) is 0 Å². The monoisotopic (exact) mass is 208 g/mol. The van der Waals surface area contributed by atoms with Crippen LogP contribution in [0.4, 0.5) is 3.89 Å². The molecule has 0 saturated carbocycles. The molecule has 0 saturated heterocycles. The second kappa shape index (κ2) is 5.20. The molecule has 0 aromatic carbocycles. The van der Waals surface area contributed by atoms with E-state index in [2.05, 4.69) is 6.92 Å². The van der Waals surface area contributed by atoms with Gasteiger partial charge in [-0.2, -0.15) is 3.89 Å². The van der Waals surface area contributed by atoms with Crippen molar-refractivity contribution in [3.63, 3.8) is 0 Å². The smallest absolute Gasteiger partial charge is 0.0640 e. The molecule has 0 heterocycles. The Balaban J connectivity index is 4.00. The largest absolute Gasteiger partial charge is 0.376 e. The van der Waals surface area contributed by atoms with Crippen LogP contribution in [-0.2, 0) is 4.74 Å². The fourth-order valence-corrected chi connectivity index (χ4v) is 1.88. The Morgan fingerprint density at radius 3 is 2.15 bits per heavy atom. The van der Waals surface area contributed by atoms with E-state index in [0.717, 1.165) is 19.4 Å². The van der Waals surface area contributed by atoms with Gasteiger partial charge in [0, 0.05) is 11.4 Å². The Kier molecular flexibility index (Phi) is 5.30. The maximum atomic E-state index is 12.5. The number of ether oxygens (including phenoxy) is 1. The summed E-state index contributed by atoms with van der Waals surface area (Å²) in [5.74, 6) is 0. The normalized spacial score (nSPS) is 13.4. The Morgan fingerprint density at radius 1 is 1.23 bits per heavy atom. The second-order valence-corrected chi connectivity index (χ2v) is 5.88. The van der Waals surface area contributed by atoms with Gasteiger partial charge in [-0.1, -0.05) is 6.92 Å². The predicted octanol–water partition coefficient (Wildman–Crippen LogP) is 3.98. The minimum Gasteiger partial charge on any atom is -0.376 e. The molecule has 0 aromatic heterocycles. The molecule has 80 valence electrons. The van der Waals surface area contributed by atoms with E-state index in [1.54, 1.807) is 0 Å². The van der Waals surface area contributed by atoms with Gasteiger partial charge in [0.25, 0.3) is 0 Å². The first-order valence-corrected chi connectivity index (χ1v) is 5.48. The van der Waals surface area contributed by atoms with Crippen LogP contribution in [0.25, 0.3) is 0 Å². The molecule has 1 nitrogen and oxygen atoms in total. The fraction of sp³-hybridized carbons (Fsp3) is 1.00. The van der Waals surface area contributed by atoms with Gasteiger partial charge in [-0.05, 0) is 40.5 Å². The van der Waals surface area contributed by atoms with Gasteiger partial charge in [0.05, 0.1) is 17.7 Å². The van der Waals surface area contributed by atoms with Crippen LogP contribution in [0.1, 0.15) is 47.5 Å². The van der Waals surface area contributed by atoms with E-state index >= 15 is 0 Å². The van der Waals surface area contributed by atoms with E-state index < -0.39 is 0 Å². The molecule has 0 spiro atoms. The summed E-state index contributed by atoms with van der Waals surface area (Å²) in [7, 11) is 0. The quantitative estimate of drug-likeness (QED) is 0.653. The average Bonchev–Trinajstić information content (AvgIpc) is 1.99. The van der Waals surface area contributed by atoms with Crippen LogP contribution in [-0.4, -0.2) is 17.0 Å². The van der Waals surface area contributed by atoms with Gasteiger partial charge in [0.1, 0.15) is 0 Å². The third-order valence-corrected chi connectivity index (χ3v) is 2.32. The zero-order chi connectivity index (χ0) is 10.5. The summed E-state index contributed by atoms with van der Waals surface area (Å²) in [5.41, 5.74) is -0.224. The molecule has 0 fully saturated rings. The molecule has 0 aliphatic carbocycles. The lowest BCUT2D eigenvalue weighted by atomic mass is 9.95. The summed E-state index contributed by atoms with van der Waals surface area (Å²) in [6.45, 7) is 10.6. The number of rotatable bonds is 6. The summed E-state index contributed by atoms with van der Waals surface area (Å²) in [6.07, 6.45) is 1.73. The minimum absolute atomic E-state index is 0.224. The summed E-state index contributed by atoms with van der Waals surface area (Å²) in [5, 5.41) is 0. The average molecular weight is 208 g/mol. The summed E-state index contributed by atoms with van der Waals surface area (Å²) < 4.78 is 17.8. The minimum atomic E-state index is -0.350. The molecule has 0 aromatic rings. The highest BCUT2D eigenvalue weighted by Crippen LogP contribution is 2.34. The molecule has 0 radical (unpaired) electrons. The SMILES string of the molecule is CCCOC(C)(C)CC(C)(C)SF. The number of hydrogen-bond acceptors (Lipinski definition) is 2. The molecule has 0 unspecified atom stereocenters. The maximum absolute atomic E-state index is 12.5. The van der Waals surface area contributed by atoms with Crippen molar-refractivity contribution in [2.45, 2.75) is 57.8 Å².